The molecule has 5 heteroatoms. The average molecular weight is 289 g/mol. The van der Waals surface area contributed by atoms with Crippen LogP contribution in [0, 0.1) is 0 Å². The van der Waals surface area contributed by atoms with Gasteiger partial charge in [0, 0.05) is 26.3 Å². The molecule has 0 aliphatic heterocycles. The number of aliphatic hydroxyl groups is 1. The van der Waals surface area contributed by atoms with Crippen LogP contribution in [0.4, 0.5) is 0 Å². The Bertz CT molecular complexity index is 527. The highest BCUT2D eigenvalue weighted by Gasteiger charge is 2.10. The van der Waals surface area contributed by atoms with Crippen molar-refractivity contribution in [1.82, 2.24) is 14.7 Å². The van der Waals surface area contributed by atoms with E-state index in [2.05, 4.69) is 10.00 Å². The van der Waals surface area contributed by atoms with Gasteiger partial charge in [-0.3, -0.25) is 9.58 Å². The maximum atomic E-state index is 10.0. The van der Waals surface area contributed by atoms with Gasteiger partial charge in [-0.25, -0.2) is 0 Å². The third-order valence-electron chi connectivity index (χ3n) is 3.30. The lowest BCUT2D eigenvalue weighted by Gasteiger charge is -2.20. The van der Waals surface area contributed by atoms with Gasteiger partial charge in [0.1, 0.15) is 0 Å². The summed E-state index contributed by atoms with van der Waals surface area (Å²) in [6.07, 6.45) is 1.29. The predicted molar refractivity (Wildman–Crippen MR) is 81.6 cm³/mol. The number of ether oxygens (including phenoxy) is 1. The van der Waals surface area contributed by atoms with Crippen molar-refractivity contribution in [2.75, 3.05) is 20.2 Å². The highest BCUT2D eigenvalue weighted by Crippen LogP contribution is 2.04. The van der Waals surface area contributed by atoms with Gasteiger partial charge in [-0.15, -0.1) is 0 Å². The first-order valence-electron chi connectivity index (χ1n) is 7.10. The van der Waals surface area contributed by atoms with Crippen LogP contribution in [-0.2, 0) is 24.9 Å². The lowest BCUT2D eigenvalue weighted by molar-refractivity contribution is 0.0124. The van der Waals surface area contributed by atoms with E-state index in [4.69, 9.17) is 4.74 Å². The van der Waals surface area contributed by atoms with Gasteiger partial charge in [0.2, 0.25) is 0 Å². The number of hydrogen-bond donors (Lipinski definition) is 1. The predicted octanol–water partition coefficient (Wildman–Crippen LogP) is 1.43. The first kappa shape index (κ1) is 15.7. The standard InChI is InChI=1S/C16H23N3O2/c1-18(10-15-8-9-17-19(15)2)11-16(20)13-21-12-14-6-4-3-5-7-14/h3-9,16,20H,10-13H2,1-2H3. The lowest BCUT2D eigenvalue weighted by Crippen LogP contribution is -2.32. The molecule has 0 saturated carbocycles. The molecule has 0 aliphatic rings. The first-order valence-corrected chi connectivity index (χ1v) is 7.10. The smallest absolute Gasteiger partial charge is 0.0900 e. The van der Waals surface area contributed by atoms with Crippen LogP contribution in [-0.4, -0.2) is 46.1 Å². The van der Waals surface area contributed by atoms with E-state index >= 15 is 0 Å². The molecule has 0 fully saturated rings. The van der Waals surface area contributed by atoms with Crippen molar-refractivity contribution in [2.45, 2.75) is 19.3 Å². The first-order chi connectivity index (χ1) is 10.1. The zero-order valence-electron chi connectivity index (χ0n) is 12.6. The Morgan fingerprint density at radius 2 is 2.05 bits per heavy atom. The molecule has 1 aromatic carbocycles. The molecule has 5 nitrogen and oxygen atoms in total. The molecule has 21 heavy (non-hydrogen) atoms. The molecule has 1 unspecified atom stereocenters. The largest absolute Gasteiger partial charge is 0.389 e. The monoisotopic (exact) mass is 289 g/mol. The molecular formula is C16H23N3O2. The number of aliphatic hydroxyl groups excluding tert-OH is 1. The van der Waals surface area contributed by atoms with Gasteiger partial charge in [-0.1, -0.05) is 30.3 Å². The molecule has 0 saturated heterocycles. The summed E-state index contributed by atoms with van der Waals surface area (Å²) in [6, 6.07) is 12.0. The molecule has 1 heterocycles. The van der Waals surface area contributed by atoms with Gasteiger partial charge in [0.15, 0.2) is 0 Å². The van der Waals surface area contributed by atoms with E-state index in [1.807, 2.05) is 55.2 Å². The fourth-order valence-corrected chi connectivity index (χ4v) is 2.20. The van der Waals surface area contributed by atoms with E-state index in [1.54, 1.807) is 6.20 Å². The highest BCUT2D eigenvalue weighted by atomic mass is 16.5. The van der Waals surface area contributed by atoms with Gasteiger partial charge >= 0.3 is 0 Å². The molecule has 2 aromatic rings. The van der Waals surface area contributed by atoms with Gasteiger partial charge in [0.25, 0.3) is 0 Å². The fraction of sp³-hybridized carbons (Fsp3) is 0.438. The highest BCUT2D eigenvalue weighted by molar-refractivity contribution is 5.13. The number of aromatic nitrogens is 2. The fourth-order valence-electron chi connectivity index (χ4n) is 2.20. The second-order valence-electron chi connectivity index (χ2n) is 5.30. The van der Waals surface area contributed by atoms with Crippen LogP contribution in [0.5, 0.6) is 0 Å². The van der Waals surface area contributed by atoms with E-state index in [-0.39, 0.29) is 0 Å². The Morgan fingerprint density at radius 1 is 1.29 bits per heavy atom. The van der Waals surface area contributed by atoms with Crippen molar-refractivity contribution in [3.05, 3.63) is 53.9 Å². The quantitative estimate of drug-likeness (QED) is 0.799. The van der Waals surface area contributed by atoms with Crippen LogP contribution in [0.15, 0.2) is 42.6 Å². The summed E-state index contributed by atoms with van der Waals surface area (Å²) in [5.74, 6) is 0. The molecular weight excluding hydrogens is 266 g/mol. The van der Waals surface area contributed by atoms with Crippen molar-refractivity contribution in [2.24, 2.45) is 7.05 Å². The number of nitrogens with zero attached hydrogens (tertiary/aromatic N) is 3. The summed E-state index contributed by atoms with van der Waals surface area (Å²) < 4.78 is 7.39. The summed E-state index contributed by atoms with van der Waals surface area (Å²) in [7, 11) is 3.90. The molecule has 1 aromatic heterocycles. The van der Waals surface area contributed by atoms with E-state index in [0.29, 0.717) is 19.8 Å². The van der Waals surface area contributed by atoms with Gasteiger partial charge in [0.05, 0.1) is 25.0 Å². The summed E-state index contributed by atoms with van der Waals surface area (Å²) in [4.78, 5) is 2.06. The number of rotatable bonds is 8. The second-order valence-corrected chi connectivity index (χ2v) is 5.30. The molecule has 0 bridgehead atoms. The number of likely N-dealkylation sites (N-methyl/N-ethyl adjacent to an activating group) is 1. The van der Waals surface area contributed by atoms with Crippen LogP contribution in [0.3, 0.4) is 0 Å². The molecule has 0 amide bonds. The zero-order chi connectivity index (χ0) is 15.1. The van der Waals surface area contributed by atoms with Crippen molar-refractivity contribution in [3.8, 4) is 0 Å². The van der Waals surface area contributed by atoms with Crippen molar-refractivity contribution in [3.63, 3.8) is 0 Å². The third-order valence-corrected chi connectivity index (χ3v) is 3.30. The van der Waals surface area contributed by atoms with Crippen molar-refractivity contribution >= 4 is 0 Å². The lowest BCUT2D eigenvalue weighted by atomic mass is 10.2. The molecule has 0 spiro atoms. The second kappa shape index (κ2) is 7.93. The Labute approximate surface area is 125 Å². The number of hydrogen-bond acceptors (Lipinski definition) is 4. The summed E-state index contributed by atoms with van der Waals surface area (Å²) >= 11 is 0. The van der Waals surface area contributed by atoms with Crippen LogP contribution < -0.4 is 0 Å². The minimum absolute atomic E-state index is 0.338. The Balaban J connectivity index is 1.67. The van der Waals surface area contributed by atoms with E-state index in [1.165, 1.54) is 0 Å². The molecule has 0 radical (unpaired) electrons. The molecule has 1 atom stereocenters. The topological polar surface area (TPSA) is 50.5 Å². The average Bonchev–Trinajstić information content (AvgIpc) is 2.85. The van der Waals surface area contributed by atoms with Gasteiger partial charge < -0.3 is 9.84 Å². The van der Waals surface area contributed by atoms with E-state index < -0.39 is 6.10 Å². The van der Waals surface area contributed by atoms with Crippen molar-refractivity contribution < 1.29 is 9.84 Å². The zero-order valence-corrected chi connectivity index (χ0v) is 12.6. The Morgan fingerprint density at radius 3 is 2.71 bits per heavy atom. The molecule has 0 aliphatic carbocycles. The van der Waals surface area contributed by atoms with Crippen molar-refractivity contribution in [1.29, 1.82) is 0 Å². The number of aryl methyl sites for hydroxylation is 1. The minimum atomic E-state index is -0.494. The maximum Gasteiger partial charge on any atom is 0.0900 e. The Kier molecular flexibility index (Phi) is 5.92. The Hall–Kier alpha value is -1.69. The van der Waals surface area contributed by atoms with Crippen LogP contribution in [0.2, 0.25) is 0 Å². The van der Waals surface area contributed by atoms with Crippen LogP contribution >= 0.6 is 0 Å². The maximum absolute atomic E-state index is 10.0. The number of benzene rings is 1. The molecule has 114 valence electrons. The molecule has 1 N–H and O–H groups in total. The van der Waals surface area contributed by atoms with E-state index in [9.17, 15) is 5.11 Å². The van der Waals surface area contributed by atoms with E-state index in [0.717, 1.165) is 17.8 Å². The summed E-state index contributed by atoms with van der Waals surface area (Å²) in [5, 5.41) is 14.1. The van der Waals surface area contributed by atoms with Gasteiger partial charge in [-0.05, 0) is 18.7 Å². The molecule has 2 rings (SSSR count). The van der Waals surface area contributed by atoms with Crippen LogP contribution in [0.25, 0.3) is 0 Å². The summed E-state index contributed by atoms with van der Waals surface area (Å²) in [6.45, 7) is 2.19. The van der Waals surface area contributed by atoms with Crippen LogP contribution in [0.1, 0.15) is 11.3 Å². The summed E-state index contributed by atoms with van der Waals surface area (Å²) in [5.41, 5.74) is 2.24. The van der Waals surface area contributed by atoms with Gasteiger partial charge in [-0.2, -0.15) is 5.10 Å². The minimum Gasteiger partial charge on any atom is -0.389 e. The SMILES string of the molecule is CN(Cc1ccnn1C)CC(O)COCc1ccccc1. The normalized spacial score (nSPS) is 12.8. The third kappa shape index (κ3) is 5.30.